The number of rotatable bonds is 5. The predicted molar refractivity (Wildman–Crippen MR) is 88.5 cm³/mol. The molecule has 2 heterocycles. The monoisotopic (exact) mass is 331 g/mol. The maximum atomic E-state index is 12.3. The van der Waals surface area contributed by atoms with Gasteiger partial charge >= 0.3 is 0 Å². The van der Waals surface area contributed by atoms with Crippen molar-refractivity contribution in [3.8, 4) is 0 Å². The summed E-state index contributed by atoms with van der Waals surface area (Å²) >= 11 is 7.68. The molecule has 3 aromatic rings. The summed E-state index contributed by atoms with van der Waals surface area (Å²) in [6, 6.07) is 10.9. The van der Waals surface area contributed by atoms with E-state index in [2.05, 4.69) is 15.8 Å². The summed E-state index contributed by atoms with van der Waals surface area (Å²) in [5, 5.41) is 11.8. The minimum Gasteiger partial charge on any atom is -0.349 e. The molecule has 0 aliphatic rings. The summed E-state index contributed by atoms with van der Waals surface area (Å²) < 4.78 is 1.84. The van der Waals surface area contributed by atoms with Crippen LogP contribution in [0.2, 0.25) is 5.02 Å². The zero-order valence-electron chi connectivity index (χ0n) is 11.6. The summed E-state index contributed by atoms with van der Waals surface area (Å²) in [5.74, 6) is -0.182. The first-order valence-corrected chi connectivity index (χ1v) is 8.12. The molecule has 6 heteroatoms. The molecular formula is C16H14ClN3OS. The van der Waals surface area contributed by atoms with Crippen molar-refractivity contribution in [2.75, 3.05) is 6.54 Å². The van der Waals surface area contributed by atoms with Crippen LogP contribution >= 0.6 is 22.9 Å². The molecule has 0 unspecified atom stereocenters. The van der Waals surface area contributed by atoms with Crippen molar-refractivity contribution < 1.29 is 4.79 Å². The van der Waals surface area contributed by atoms with E-state index in [4.69, 9.17) is 11.6 Å². The van der Waals surface area contributed by atoms with Gasteiger partial charge in [0, 0.05) is 18.9 Å². The van der Waals surface area contributed by atoms with Crippen LogP contribution in [0.3, 0.4) is 0 Å². The molecule has 0 aliphatic heterocycles. The molecule has 0 bridgehead atoms. The van der Waals surface area contributed by atoms with Gasteiger partial charge in [0.2, 0.25) is 0 Å². The van der Waals surface area contributed by atoms with Crippen molar-refractivity contribution >= 4 is 28.8 Å². The molecular weight excluding hydrogens is 318 g/mol. The molecule has 3 rings (SSSR count). The van der Waals surface area contributed by atoms with Gasteiger partial charge in [-0.25, -0.2) is 0 Å². The number of halogens is 1. The van der Waals surface area contributed by atoms with Gasteiger partial charge in [0.05, 0.1) is 16.6 Å². The smallest absolute Gasteiger partial charge is 0.252 e. The highest BCUT2D eigenvalue weighted by atomic mass is 35.5. The first-order valence-electron chi connectivity index (χ1n) is 6.79. The SMILES string of the molecule is O=C(NC[C@@H](c1ccsc1)n1cccn1)c1ccccc1Cl. The standard InChI is InChI=1S/C16H14ClN3OS/c17-14-5-2-1-4-13(14)16(21)18-10-15(12-6-9-22-11-12)20-8-3-7-19-20/h1-9,11,15H,10H2,(H,18,21)/t15-/m0/s1. The molecule has 0 saturated carbocycles. The average molecular weight is 332 g/mol. The van der Waals surface area contributed by atoms with Crippen molar-refractivity contribution in [2.24, 2.45) is 0 Å². The van der Waals surface area contributed by atoms with Gasteiger partial charge in [-0.1, -0.05) is 23.7 Å². The van der Waals surface area contributed by atoms with Crippen LogP contribution in [-0.4, -0.2) is 22.2 Å². The maximum absolute atomic E-state index is 12.3. The van der Waals surface area contributed by atoms with Crippen LogP contribution in [0.4, 0.5) is 0 Å². The summed E-state index contributed by atoms with van der Waals surface area (Å²) in [7, 11) is 0. The Morgan fingerprint density at radius 3 is 2.86 bits per heavy atom. The lowest BCUT2D eigenvalue weighted by Gasteiger charge is -2.17. The predicted octanol–water partition coefficient (Wildman–Crippen LogP) is 3.62. The Morgan fingerprint density at radius 2 is 2.18 bits per heavy atom. The van der Waals surface area contributed by atoms with Crippen LogP contribution in [-0.2, 0) is 0 Å². The lowest BCUT2D eigenvalue weighted by Crippen LogP contribution is -2.31. The van der Waals surface area contributed by atoms with E-state index in [1.54, 1.807) is 41.8 Å². The van der Waals surface area contributed by atoms with Crippen molar-refractivity contribution in [2.45, 2.75) is 6.04 Å². The van der Waals surface area contributed by atoms with Gasteiger partial charge < -0.3 is 5.32 Å². The number of amides is 1. The van der Waals surface area contributed by atoms with E-state index >= 15 is 0 Å². The van der Waals surface area contributed by atoms with E-state index in [0.717, 1.165) is 5.56 Å². The lowest BCUT2D eigenvalue weighted by atomic mass is 10.1. The number of carbonyl (C=O) groups is 1. The Bertz CT molecular complexity index is 706. The summed E-state index contributed by atoms with van der Waals surface area (Å²) in [5.41, 5.74) is 1.60. The van der Waals surface area contributed by atoms with Gasteiger partial charge in [-0.2, -0.15) is 16.4 Å². The average Bonchev–Trinajstić information content (AvgIpc) is 3.21. The maximum Gasteiger partial charge on any atom is 0.252 e. The lowest BCUT2D eigenvalue weighted by molar-refractivity contribution is 0.0949. The van der Waals surface area contributed by atoms with E-state index in [-0.39, 0.29) is 11.9 Å². The van der Waals surface area contributed by atoms with Crippen LogP contribution in [0, 0.1) is 0 Å². The highest BCUT2D eigenvalue weighted by Gasteiger charge is 2.17. The quantitative estimate of drug-likeness (QED) is 0.776. The Morgan fingerprint density at radius 1 is 1.32 bits per heavy atom. The number of thiophene rings is 1. The minimum atomic E-state index is -0.182. The molecule has 0 radical (unpaired) electrons. The molecule has 4 nitrogen and oxygen atoms in total. The fourth-order valence-corrected chi connectivity index (χ4v) is 3.15. The second-order valence-corrected chi connectivity index (χ2v) is 5.94. The van der Waals surface area contributed by atoms with E-state index in [1.165, 1.54) is 0 Å². The van der Waals surface area contributed by atoms with Crippen LogP contribution in [0.15, 0.2) is 59.6 Å². The topological polar surface area (TPSA) is 46.9 Å². The van der Waals surface area contributed by atoms with E-state index in [9.17, 15) is 4.79 Å². The minimum absolute atomic E-state index is 0.0345. The molecule has 22 heavy (non-hydrogen) atoms. The highest BCUT2D eigenvalue weighted by molar-refractivity contribution is 7.07. The molecule has 0 aliphatic carbocycles. The van der Waals surface area contributed by atoms with Crippen LogP contribution < -0.4 is 5.32 Å². The fraction of sp³-hybridized carbons (Fsp3) is 0.125. The van der Waals surface area contributed by atoms with Gasteiger partial charge in [-0.05, 0) is 40.6 Å². The molecule has 112 valence electrons. The van der Waals surface area contributed by atoms with Crippen molar-refractivity contribution in [1.82, 2.24) is 15.1 Å². The van der Waals surface area contributed by atoms with E-state index in [0.29, 0.717) is 17.1 Å². The largest absolute Gasteiger partial charge is 0.349 e. The number of benzene rings is 1. The van der Waals surface area contributed by atoms with Crippen LogP contribution in [0.1, 0.15) is 22.0 Å². The zero-order chi connectivity index (χ0) is 15.4. The van der Waals surface area contributed by atoms with Crippen molar-refractivity contribution in [1.29, 1.82) is 0 Å². The van der Waals surface area contributed by atoms with Crippen molar-refractivity contribution in [3.05, 3.63) is 75.7 Å². The van der Waals surface area contributed by atoms with Gasteiger partial charge in [-0.15, -0.1) is 0 Å². The number of aromatic nitrogens is 2. The summed E-state index contributed by atoms with van der Waals surface area (Å²) in [6.45, 7) is 0.447. The Balaban J connectivity index is 1.75. The molecule has 1 N–H and O–H groups in total. The molecule has 1 amide bonds. The zero-order valence-corrected chi connectivity index (χ0v) is 13.2. The van der Waals surface area contributed by atoms with Crippen molar-refractivity contribution in [3.63, 3.8) is 0 Å². The van der Waals surface area contributed by atoms with Gasteiger partial charge in [-0.3, -0.25) is 9.48 Å². The Labute approximate surface area is 137 Å². The van der Waals surface area contributed by atoms with Crippen LogP contribution in [0.5, 0.6) is 0 Å². The van der Waals surface area contributed by atoms with E-state index < -0.39 is 0 Å². The molecule has 0 fully saturated rings. The summed E-state index contributed by atoms with van der Waals surface area (Å²) in [4.78, 5) is 12.3. The highest BCUT2D eigenvalue weighted by Crippen LogP contribution is 2.20. The number of nitrogens with one attached hydrogen (secondary N) is 1. The number of carbonyl (C=O) groups excluding carboxylic acids is 1. The second-order valence-electron chi connectivity index (χ2n) is 4.75. The number of hydrogen-bond donors (Lipinski definition) is 1. The third kappa shape index (κ3) is 3.21. The normalized spacial score (nSPS) is 12.0. The van der Waals surface area contributed by atoms with Crippen LogP contribution in [0.25, 0.3) is 0 Å². The molecule has 1 aromatic carbocycles. The Kier molecular flexibility index (Phi) is 4.56. The molecule has 1 atom stereocenters. The third-order valence-corrected chi connectivity index (χ3v) is 4.38. The molecule has 0 saturated heterocycles. The first-order chi connectivity index (χ1) is 10.8. The number of hydrogen-bond acceptors (Lipinski definition) is 3. The molecule has 2 aromatic heterocycles. The third-order valence-electron chi connectivity index (χ3n) is 3.35. The number of nitrogens with zero attached hydrogens (tertiary/aromatic N) is 2. The second kappa shape index (κ2) is 6.77. The van der Waals surface area contributed by atoms with Gasteiger partial charge in [0.1, 0.15) is 0 Å². The summed E-state index contributed by atoms with van der Waals surface area (Å²) in [6.07, 6.45) is 3.62. The molecule has 0 spiro atoms. The fourth-order valence-electron chi connectivity index (χ4n) is 2.22. The van der Waals surface area contributed by atoms with Gasteiger partial charge in [0.25, 0.3) is 5.91 Å². The van der Waals surface area contributed by atoms with E-state index in [1.807, 2.05) is 28.4 Å². The van der Waals surface area contributed by atoms with Gasteiger partial charge in [0.15, 0.2) is 0 Å². The first kappa shape index (κ1) is 14.8. The Hall–Kier alpha value is -2.11.